The van der Waals surface area contributed by atoms with E-state index in [0.717, 1.165) is 12.8 Å². The third kappa shape index (κ3) is 3.37. The van der Waals surface area contributed by atoms with Crippen LogP contribution in [0.4, 0.5) is 0 Å². The van der Waals surface area contributed by atoms with Gasteiger partial charge in [-0.1, -0.05) is 13.8 Å². The molecule has 1 aromatic heterocycles. The number of hydrogen-bond acceptors (Lipinski definition) is 5. The van der Waals surface area contributed by atoms with E-state index in [2.05, 4.69) is 9.97 Å². The van der Waals surface area contributed by atoms with Gasteiger partial charge in [0.2, 0.25) is 0 Å². The number of carboxylic acid groups (broad SMARTS) is 1. The molecule has 110 valence electrons. The number of ether oxygens (including phenoxy) is 1. The van der Waals surface area contributed by atoms with Crippen LogP contribution < -0.4 is 4.74 Å². The first kappa shape index (κ1) is 14.6. The van der Waals surface area contributed by atoms with Gasteiger partial charge < -0.3 is 14.9 Å². The van der Waals surface area contributed by atoms with E-state index in [4.69, 9.17) is 9.84 Å². The maximum absolute atomic E-state index is 11.0. The fourth-order valence-corrected chi connectivity index (χ4v) is 2.38. The van der Waals surface area contributed by atoms with E-state index in [-0.39, 0.29) is 29.7 Å². The van der Waals surface area contributed by atoms with Crippen LogP contribution in [0.2, 0.25) is 0 Å². The van der Waals surface area contributed by atoms with Crippen LogP contribution in [-0.4, -0.2) is 32.3 Å². The molecular weight excluding hydrogens is 260 g/mol. The molecule has 2 N–H and O–H groups in total. The molecule has 1 saturated carbocycles. The SMILES string of the molecule is CC(C)c1cnc(O[C@H]2CCC[C@H](C(=O)O)C2)c(O)n1. The van der Waals surface area contributed by atoms with Gasteiger partial charge in [0.1, 0.15) is 6.10 Å². The Kier molecular flexibility index (Phi) is 4.42. The summed E-state index contributed by atoms with van der Waals surface area (Å²) in [5, 5.41) is 18.9. The topological polar surface area (TPSA) is 92.5 Å². The van der Waals surface area contributed by atoms with E-state index in [1.807, 2.05) is 13.8 Å². The summed E-state index contributed by atoms with van der Waals surface area (Å²) >= 11 is 0. The number of aromatic hydroxyl groups is 1. The van der Waals surface area contributed by atoms with E-state index in [1.165, 1.54) is 0 Å². The molecular formula is C14H20N2O4. The van der Waals surface area contributed by atoms with Gasteiger partial charge in [-0.2, -0.15) is 0 Å². The van der Waals surface area contributed by atoms with Crippen molar-refractivity contribution in [2.75, 3.05) is 0 Å². The highest BCUT2D eigenvalue weighted by molar-refractivity contribution is 5.70. The van der Waals surface area contributed by atoms with Gasteiger partial charge in [-0.3, -0.25) is 4.79 Å². The van der Waals surface area contributed by atoms with Crippen molar-refractivity contribution < 1.29 is 19.7 Å². The number of aromatic nitrogens is 2. The van der Waals surface area contributed by atoms with Crippen molar-refractivity contribution in [3.63, 3.8) is 0 Å². The highest BCUT2D eigenvalue weighted by Crippen LogP contribution is 2.30. The number of carboxylic acids is 1. The Morgan fingerprint density at radius 1 is 1.45 bits per heavy atom. The number of aliphatic carboxylic acids is 1. The minimum absolute atomic E-state index is 0.0884. The quantitative estimate of drug-likeness (QED) is 0.879. The van der Waals surface area contributed by atoms with Crippen molar-refractivity contribution in [2.24, 2.45) is 5.92 Å². The normalized spacial score (nSPS) is 22.8. The zero-order chi connectivity index (χ0) is 14.7. The molecule has 1 aromatic rings. The minimum atomic E-state index is -0.788. The standard InChI is InChI=1S/C14H20N2O4/c1-8(2)11-7-15-13(12(17)16-11)20-10-5-3-4-9(6-10)14(18)19/h7-10H,3-6H2,1-2H3,(H,16,17)(H,18,19)/t9-,10-/m0/s1. The Morgan fingerprint density at radius 2 is 2.20 bits per heavy atom. The van der Waals surface area contributed by atoms with Gasteiger partial charge in [0.25, 0.3) is 11.8 Å². The van der Waals surface area contributed by atoms with Gasteiger partial charge in [-0.05, 0) is 31.6 Å². The van der Waals surface area contributed by atoms with Gasteiger partial charge >= 0.3 is 5.97 Å². The second-order valence-electron chi connectivity index (χ2n) is 5.52. The number of nitrogens with zero attached hydrogens (tertiary/aromatic N) is 2. The third-order valence-corrected chi connectivity index (χ3v) is 3.59. The second-order valence-corrected chi connectivity index (χ2v) is 5.52. The van der Waals surface area contributed by atoms with E-state index >= 15 is 0 Å². The summed E-state index contributed by atoms with van der Waals surface area (Å²) in [7, 11) is 0. The molecule has 6 heteroatoms. The Morgan fingerprint density at radius 3 is 2.80 bits per heavy atom. The maximum atomic E-state index is 11.0. The van der Waals surface area contributed by atoms with Crippen LogP contribution in [0.1, 0.15) is 51.1 Å². The predicted octanol–water partition coefficient (Wildman–Crippen LogP) is 2.33. The van der Waals surface area contributed by atoms with Crippen LogP contribution >= 0.6 is 0 Å². The van der Waals surface area contributed by atoms with Gasteiger partial charge in [-0.25, -0.2) is 9.97 Å². The summed E-state index contributed by atoms with van der Waals surface area (Å²) in [4.78, 5) is 19.1. The minimum Gasteiger partial charge on any atom is -0.489 e. The lowest BCUT2D eigenvalue weighted by Gasteiger charge is -2.26. The molecule has 1 heterocycles. The first-order chi connectivity index (χ1) is 9.47. The van der Waals surface area contributed by atoms with E-state index in [9.17, 15) is 9.90 Å². The monoisotopic (exact) mass is 280 g/mol. The second kappa shape index (κ2) is 6.07. The highest BCUT2D eigenvalue weighted by atomic mass is 16.5. The van der Waals surface area contributed by atoms with Crippen LogP contribution in [0.25, 0.3) is 0 Å². The summed E-state index contributed by atoms with van der Waals surface area (Å²) in [5.41, 5.74) is 0.696. The maximum Gasteiger partial charge on any atom is 0.306 e. The molecule has 0 unspecified atom stereocenters. The van der Waals surface area contributed by atoms with Crippen molar-refractivity contribution in [1.29, 1.82) is 0 Å². The van der Waals surface area contributed by atoms with Crippen LogP contribution in [0, 0.1) is 5.92 Å². The van der Waals surface area contributed by atoms with Crippen molar-refractivity contribution >= 4 is 5.97 Å². The van der Waals surface area contributed by atoms with Crippen molar-refractivity contribution in [3.05, 3.63) is 11.9 Å². The molecule has 2 rings (SSSR count). The Balaban J connectivity index is 2.04. The lowest BCUT2D eigenvalue weighted by molar-refractivity contribution is -0.143. The molecule has 0 aliphatic heterocycles. The average molecular weight is 280 g/mol. The molecule has 1 fully saturated rings. The largest absolute Gasteiger partial charge is 0.489 e. The molecule has 0 aromatic carbocycles. The Hall–Kier alpha value is -1.85. The molecule has 2 atom stereocenters. The van der Waals surface area contributed by atoms with E-state index < -0.39 is 5.97 Å². The van der Waals surface area contributed by atoms with Crippen LogP contribution in [-0.2, 0) is 4.79 Å². The molecule has 6 nitrogen and oxygen atoms in total. The highest BCUT2D eigenvalue weighted by Gasteiger charge is 2.29. The van der Waals surface area contributed by atoms with Crippen LogP contribution in [0.15, 0.2) is 6.20 Å². The number of carbonyl (C=O) groups is 1. The van der Waals surface area contributed by atoms with Crippen molar-refractivity contribution in [1.82, 2.24) is 9.97 Å². The average Bonchev–Trinajstić information content (AvgIpc) is 2.41. The van der Waals surface area contributed by atoms with E-state index in [1.54, 1.807) is 6.20 Å². The number of hydrogen-bond donors (Lipinski definition) is 2. The van der Waals surface area contributed by atoms with E-state index in [0.29, 0.717) is 18.5 Å². The summed E-state index contributed by atoms with van der Waals surface area (Å²) in [6.45, 7) is 3.92. The molecule has 0 amide bonds. The van der Waals surface area contributed by atoms with Gasteiger partial charge in [-0.15, -0.1) is 0 Å². The van der Waals surface area contributed by atoms with Gasteiger partial charge in [0, 0.05) is 0 Å². The zero-order valence-corrected chi connectivity index (χ0v) is 11.7. The molecule has 0 bridgehead atoms. The third-order valence-electron chi connectivity index (χ3n) is 3.59. The Labute approximate surface area is 117 Å². The smallest absolute Gasteiger partial charge is 0.306 e. The summed E-state index contributed by atoms with van der Waals surface area (Å²) < 4.78 is 5.61. The van der Waals surface area contributed by atoms with Gasteiger partial charge in [0.05, 0.1) is 17.8 Å². The molecule has 0 radical (unpaired) electrons. The fraction of sp³-hybridized carbons (Fsp3) is 0.643. The molecule has 0 saturated heterocycles. The molecule has 0 spiro atoms. The molecule has 1 aliphatic rings. The zero-order valence-electron chi connectivity index (χ0n) is 11.7. The number of rotatable bonds is 4. The summed E-state index contributed by atoms with van der Waals surface area (Å²) in [6.07, 6.45) is 4.06. The molecule has 1 aliphatic carbocycles. The first-order valence-corrected chi connectivity index (χ1v) is 6.92. The Bertz CT molecular complexity index is 490. The first-order valence-electron chi connectivity index (χ1n) is 6.92. The lowest BCUT2D eigenvalue weighted by atomic mass is 9.87. The molecule has 20 heavy (non-hydrogen) atoms. The van der Waals surface area contributed by atoms with Crippen molar-refractivity contribution in [2.45, 2.75) is 51.6 Å². The summed E-state index contributed by atoms with van der Waals surface area (Å²) in [5.74, 6) is -1.13. The van der Waals surface area contributed by atoms with Gasteiger partial charge in [0.15, 0.2) is 0 Å². The van der Waals surface area contributed by atoms with Crippen LogP contribution in [0.5, 0.6) is 11.8 Å². The summed E-state index contributed by atoms with van der Waals surface area (Å²) in [6, 6.07) is 0. The van der Waals surface area contributed by atoms with Crippen LogP contribution in [0.3, 0.4) is 0 Å². The van der Waals surface area contributed by atoms with Crippen molar-refractivity contribution in [3.8, 4) is 11.8 Å². The fourth-order valence-electron chi connectivity index (χ4n) is 2.38. The predicted molar refractivity (Wildman–Crippen MR) is 71.8 cm³/mol. The lowest BCUT2D eigenvalue weighted by Crippen LogP contribution is -2.29.